The summed E-state index contributed by atoms with van der Waals surface area (Å²) < 4.78 is 0. The Balaban J connectivity index is 2.08. The van der Waals surface area contributed by atoms with Crippen molar-refractivity contribution in [3.63, 3.8) is 0 Å². The minimum Gasteiger partial charge on any atom is -0.390 e. The Hall–Kier alpha value is 0.230. The summed E-state index contributed by atoms with van der Waals surface area (Å²) in [6.07, 6.45) is -1.07. The summed E-state index contributed by atoms with van der Waals surface area (Å²) in [5.41, 5.74) is 0. The molecule has 0 unspecified atom stereocenters. The van der Waals surface area contributed by atoms with Crippen molar-refractivity contribution >= 4 is 11.8 Å². The molecule has 0 bridgehead atoms. The summed E-state index contributed by atoms with van der Waals surface area (Å²) in [7, 11) is 0. The minimum absolute atomic E-state index is 0.185. The highest BCUT2D eigenvalue weighted by Crippen LogP contribution is 2.28. The molecule has 2 N–H and O–H groups in total. The van der Waals surface area contributed by atoms with Gasteiger partial charge in [-0.2, -0.15) is 11.8 Å². The van der Waals surface area contributed by atoms with Gasteiger partial charge in [-0.3, -0.25) is 4.90 Å². The van der Waals surface area contributed by atoms with Crippen LogP contribution in [0.5, 0.6) is 0 Å². The Morgan fingerprint density at radius 3 is 2.85 bits per heavy atom. The molecular formula is C9H17NO2S. The normalized spacial score (nSPS) is 47.3. The van der Waals surface area contributed by atoms with Crippen LogP contribution in [0.15, 0.2) is 0 Å². The monoisotopic (exact) mass is 203 g/mol. The average Bonchev–Trinajstić information content (AvgIpc) is 2.15. The van der Waals surface area contributed by atoms with Gasteiger partial charge >= 0.3 is 0 Å². The van der Waals surface area contributed by atoms with Gasteiger partial charge in [0.05, 0.1) is 12.2 Å². The van der Waals surface area contributed by atoms with Crippen LogP contribution in [0.25, 0.3) is 0 Å². The second kappa shape index (κ2) is 3.77. The molecule has 2 aliphatic rings. The smallest absolute Gasteiger partial charge is 0.0964 e. The maximum Gasteiger partial charge on any atom is 0.0964 e. The second-order valence-electron chi connectivity index (χ2n) is 4.10. The van der Waals surface area contributed by atoms with Crippen LogP contribution < -0.4 is 0 Å². The fraction of sp³-hybridized carbons (Fsp3) is 1.00. The predicted molar refractivity (Wildman–Crippen MR) is 53.9 cm³/mol. The van der Waals surface area contributed by atoms with Gasteiger partial charge in [-0.05, 0) is 5.92 Å². The molecule has 2 aliphatic heterocycles. The molecule has 0 amide bonds. The summed E-state index contributed by atoms with van der Waals surface area (Å²) in [6.45, 7) is 4.00. The number of piperidine rings is 1. The third-order valence-electron chi connectivity index (χ3n) is 3.13. The number of hydrogen-bond acceptors (Lipinski definition) is 4. The van der Waals surface area contributed by atoms with E-state index < -0.39 is 12.2 Å². The number of nitrogens with zero attached hydrogens (tertiary/aromatic N) is 1. The highest BCUT2D eigenvalue weighted by atomic mass is 32.2. The van der Waals surface area contributed by atoms with Gasteiger partial charge < -0.3 is 10.2 Å². The van der Waals surface area contributed by atoms with E-state index in [0.29, 0.717) is 0 Å². The van der Waals surface area contributed by atoms with E-state index >= 15 is 0 Å². The number of aliphatic hydroxyl groups is 2. The molecule has 0 aromatic heterocycles. The molecule has 2 saturated heterocycles. The van der Waals surface area contributed by atoms with E-state index in [1.54, 1.807) is 0 Å². The summed E-state index contributed by atoms with van der Waals surface area (Å²) >= 11 is 1.87. The number of rotatable bonds is 0. The van der Waals surface area contributed by atoms with Crippen LogP contribution >= 0.6 is 11.8 Å². The fourth-order valence-electron chi connectivity index (χ4n) is 2.24. The van der Waals surface area contributed by atoms with Gasteiger partial charge in [0.15, 0.2) is 0 Å². The zero-order valence-electron chi connectivity index (χ0n) is 7.89. The molecule has 76 valence electrons. The topological polar surface area (TPSA) is 43.7 Å². The molecule has 0 aromatic rings. The van der Waals surface area contributed by atoms with Crippen LogP contribution in [0.3, 0.4) is 0 Å². The first-order valence-corrected chi connectivity index (χ1v) is 6.03. The first kappa shape index (κ1) is 9.77. The minimum atomic E-state index is -0.545. The van der Waals surface area contributed by atoms with Crippen molar-refractivity contribution < 1.29 is 10.2 Å². The van der Waals surface area contributed by atoms with Crippen LogP contribution in [0.4, 0.5) is 0 Å². The van der Waals surface area contributed by atoms with Gasteiger partial charge in [-0.1, -0.05) is 6.92 Å². The van der Waals surface area contributed by atoms with E-state index in [4.69, 9.17) is 0 Å². The molecule has 4 heteroatoms. The zero-order valence-corrected chi connectivity index (χ0v) is 8.70. The van der Waals surface area contributed by atoms with Gasteiger partial charge in [0.1, 0.15) is 0 Å². The number of thioether (sulfide) groups is 1. The molecule has 2 heterocycles. The van der Waals surface area contributed by atoms with E-state index in [0.717, 1.165) is 24.6 Å². The molecule has 0 aliphatic carbocycles. The molecule has 13 heavy (non-hydrogen) atoms. The zero-order chi connectivity index (χ0) is 9.42. The Kier molecular flexibility index (Phi) is 2.83. The van der Waals surface area contributed by atoms with Crippen molar-refractivity contribution in [2.24, 2.45) is 5.92 Å². The van der Waals surface area contributed by atoms with E-state index in [1.807, 2.05) is 18.7 Å². The lowest BCUT2D eigenvalue weighted by Gasteiger charge is -2.46. The van der Waals surface area contributed by atoms with Crippen molar-refractivity contribution in [1.82, 2.24) is 4.90 Å². The molecular weight excluding hydrogens is 186 g/mol. The standard InChI is InChI=1S/C9H17NO2S/c1-6-4-10-2-3-13-5-7(10)9(12)8(6)11/h6-9,11-12H,2-5H2,1H3/t6-,7-,8+,9-/m0/s1. The van der Waals surface area contributed by atoms with Gasteiger partial charge in [0.2, 0.25) is 0 Å². The molecule has 2 rings (SSSR count). The maximum atomic E-state index is 9.84. The molecule has 0 radical (unpaired) electrons. The first-order valence-electron chi connectivity index (χ1n) is 4.88. The molecule has 0 spiro atoms. The Labute approximate surface area is 83.1 Å². The largest absolute Gasteiger partial charge is 0.390 e. The summed E-state index contributed by atoms with van der Waals surface area (Å²) in [5.74, 6) is 2.33. The highest BCUT2D eigenvalue weighted by molar-refractivity contribution is 7.99. The molecule has 4 atom stereocenters. The van der Waals surface area contributed by atoms with Crippen molar-refractivity contribution in [2.45, 2.75) is 25.2 Å². The Morgan fingerprint density at radius 2 is 2.08 bits per heavy atom. The summed E-state index contributed by atoms with van der Waals surface area (Å²) in [5, 5.41) is 19.5. The molecule has 0 saturated carbocycles. The van der Waals surface area contributed by atoms with Crippen molar-refractivity contribution in [2.75, 3.05) is 24.6 Å². The van der Waals surface area contributed by atoms with Crippen molar-refractivity contribution in [3.05, 3.63) is 0 Å². The van der Waals surface area contributed by atoms with Crippen LogP contribution in [0.1, 0.15) is 6.92 Å². The number of aliphatic hydroxyl groups excluding tert-OH is 2. The molecule has 2 fully saturated rings. The van der Waals surface area contributed by atoms with Crippen LogP contribution in [0, 0.1) is 5.92 Å². The molecule has 0 aromatic carbocycles. The highest BCUT2D eigenvalue weighted by Gasteiger charge is 2.40. The lowest BCUT2D eigenvalue weighted by atomic mass is 9.89. The van der Waals surface area contributed by atoms with Crippen LogP contribution in [-0.4, -0.2) is 58.0 Å². The van der Waals surface area contributed by atoms with Crippen molar-refractivity contribution in [1.29, 1.82) is 0 Å². The predicted octanol–water partition coefficient (Wildman–Crippen LogP) is -0.225. The number of fused-ring (bicyclic) bond motifs is 1. The third kappa shape index (κ3) is 1.73. The average molecular weight is 203 g/mol. The SMILES string of the molecule is C[C@H]1CN2CCSC[C@H]2[C@H](O)[C@@H]1O. The lowest BCUT2D eigenvalue weighted by molar-refractivity contribution is -0.0963. The van der Waals surface area contributed by atoms with E-state index in [9.17, 15) is 10.2 Å². The van der Waals surface area contributed by atoms with E-state index in [1.165, 1.54) is 0 Å². The Morgan fingerprint density at radius 1 is 1.31 bits per heavy atom. The molecule has 3 nitrogen and oxygen atoms in total. The van der Waals surface area contributed by atoms with Crippen LogP contribution in [-0.2, 0) is 0 Å². The van der Waals surface area contributed by atoms with Crippen LogP contribution in [0.2, 0.25) is 0 Å². The lowest BCUT2D eigenvalue weighted by Crippen LogP contribution is -2.61. The summed E-state index contributed by atoms with van der Waals surface area (Å²) in [4.78, 5) is 2.32. The first-order chi connectivity index (χ1) is 6.20. The quantitative estimate of drug-likeness (QED) is 0.571. The van der Waals surface area contributed by atoms with E-state index in [2.05, 4.69) is 4.90 Å². The Bertz CT molecular complexity index is 188. The second-order valence-corrected chi connectivity index (χ2v) is 5.25. The van der Waals surface area contributed by atoms with Gasteiger partial charge in [-0.25, -0.2) is 0 Å². The van der Waals surface area contributed by atoms with E-state index in [-0.39, 0.29) is 12.0 Å². The van der Waals surface area contributed by atoms with Gasteiger partial charge in [0.25, 0.3) is 0 Å². The number of hydrogen-bond donors (Lipinski definition) is 2. The maximum absolute atomic E-state index is 9.84. The fourth-order valence-corrected chi connectivity index (χ4v) is 3.42. The van der Waals surface area contributed by atoms with Crippen molar-refractivity contribution in [3.8, 4) is 0 Å². The third-order valence-corrected chi connectivity index (χ3v) is 4.18. The van der Waals surface area contributed by atoms with Gasteiger partial charge in [-0.15, -0.1) is 0 Å². The van der Waals surface area contributed by atoms with Gasteiger partial charge in [0, 0.05) is 30.6 Å². The summed E-state index contributed by atoms with van der Waals surface area (Å²) in [6, 6.07) is 0.185.